The molecule has 0 saturated carbocycles. The standard InChI is InChI=1S/C22H24N2O3/c1-3-14(2)27-17-11-12-21-20(13-17)18-5-4-6-19(18)22(23-21)15-7-9-16(10-8-15)24(25)26/h4-5,7-14,18-19,22-23H,3,6H2,1-2H3. The van der Waals surface area contributed by atoms with Crippen LogP contribution >= 0.6 is 0 Å². The minimum Gasteiger partial charge on any atom is -0.491 e. The van der Waals surface area contributed by atoms with Crippen LogP contribution in [-0.4, -0.2) is 11.0 Å². The van der Waals surface area contributed by atoms with E-state index in [1.807, 2.05) is 18.2 Å². The molecule has 4 unspecified atom stereocenters. The first-order valence-electron chi connectivity index (χ1n) is 9.55. The normalized spacial score (nSPS) is 23.9. The van der Waals surface area contributed by atoms with Gasteiger partial charge in [-0.3, -0.25) is 10.1 Å². The first-order valence-corrected chi connectivity index (χ1v) is 9.55. The summed E-state index contributed by atoms with van der Waals surface area (Å²) in [5, 5.41) is 14.6. The molecular formula is C22H24N2O3. The molecule has 1 N–H and O–H groups in total. The molecule has 1 aliphatic heterocycles. The second kappa shape index (κ2) is 7.06. The Kier molecular flexibility index (Phi) is 4.60. The lowest BCUT2D eigenvalue weighted by Gasteiger charge is -2.37. The Hall–Kier alpha value is -2.82. The highest BCUT2D eigenvalue weighted by Crippen LogP contribution is 2.50. The number of benzene rings is 2. The molecule has 27 heavy (non-hydrogen) atoms. The van der Waals surface area contributed by atoms with E-state index in [-0.39, 0.29) is 22.8 Å². The lowest BCUT2D eigenvalue weighted by atomic mass is 9.77. The lowest BCUT2D eigenvalue weighted by Crippen LogP contribution is -2.29. The van der Waals surface area contributed by atoms with Crippen LogP contribution in [0.1, 0.15) is 49.8 Å². The van der Waals surface area contributed by atoms with E-state index in [1.54, 1.807) is 12.1 Å². The molecule has 5 nitrogen and oxygen atoms in total. The van der Waals surface area contributed by atoms with E-state index in [9.17, 15) is 10.1 Å². The van der Waals surface area contributed by atoms with Gasteiger partial charge in [0, 0.05) is 23.7 Å². The van der Waals surface area contributed by atoms with Gasteiger partial charge in [0.1, 0.15) is 5.75 Å². The maximum atomic E-state index is 10.9. The molecule has 0 spiro atoms. The third kappa shape index (κ3) is 3.29. The van der Waals surface area contributed by atoms with Crippen molar-refractivity contribution < 1.29 is 9.66 Å². The molecule has 2 aromatic carbocycles. The number of fused-ring (bicyclic) bond motifs is 3. The molecule has 1 heterocycles. The van der Waals surface area contributed by atoms with E-state index in [0.29, 0.717) is 11.8 Å². The summed E-state index contributed by atoms with van der Waals surface area (Å²) in [6.45, 7) is 4.20. The fourth-order valence-corrected chi connectivity index (χ4v) is 4.09. The van der Waals surface area contributed by atoms with E-state index in [2.05, 4.69) is 43.4 Å². The van der Waals surface area contributed by atoms with Gasteiger partial charge in [0.15, 0.2) is 0 Å². The molecule has 140 valence electrons. The Morgan fingerprint density at radius 1 is 1.26 bits per heavy atom. The number of ether oxygens (including phenoxy) is 1. The highest BCUT2D eigenvalue weighted by molar-refractivity contribution is 5.62. The molecule has 0 amide bonds. The maximum Gasteiger partial charge on any atom is 0.269 e. The fraction of sp³-hybridized carbons (Fsp3) is 0.364. The molecule has 0 bridgehead atoms. The number of hydrogen-bond donors (Lipinski definition) is 1. The summed E-state index contributed by atoms with van der Waals surface area (Å²) in [6.07, 6.45) is 6.70. The summed E-state index contributed by atoms with van der Waals surface area (Å²) in [4.78, 5) is 10.6. The Bertz CT molecular complexity index is 876. The minimum atomic E-state index is -0.355. The zero-order valence-corrected chi connectivity index (χ0v) is 15.6. The van der Waals surface area contributed by atoms with Crippen LogP contribution in [0.3, 0.4) is 0 Å². The molecule has 0 fully saturated rings. The average Bonchev–Trinajstić information content (AvgIpc) is 3.17. The summed E-state index contributed by atoms with van der Waals surface area (Å²) in [6, 6.07) is 13.3. The molecule has 0 radical (unpaired) electrons. The SMILES string of the molecule is CCC(C)Oc1ccc2c(c1)C1C=CCC1C(c1ccc([N+](=O)[O-])cc1)N2. The molecule has 2 aromatic rings. The van der Waals surface area contributed by atoms with Crippen LogP contribution in [0.25, 0.3) is 0 Å². The van der Waals surface area contributed by atoms with Gasteiger partial charge >= 0.3 is 0 Å². The van der Waals surface area contributed by atoms with Gasteiger partial charge in [-0.15, -0.1) is 0 Å². The summed E-state index contributed by atoms with van der Waals surface area (Å²) < 4.78 is 6.01. The van der Waals surface area contributed by atoms with Gasteiger partial charge in [0.05, 0.1) is 17.1 Å². The zero-order valence-electron chi connectivity index (χ0n) is 15.6. The third-order valence-corrected chi connectivity index (χ3v) is 5.71. The van der Waals surface area contributed by atoms with E-state index in [1.165, 1.54) is 5.56 Å². The number of nitro benzene ring substituents is 1. The van der Waals surface area contributed by atoms with Crippen molar-refractivity contribution in [1.29, 1.82) is 0 Å². The van der Waals surface area contributed by atoms with Crippen LogP contribution in [0, 0.1) is 16.0 Å². The van der Waals surface area contributed by atoms with Gasteiger partial charge in [0.2, 0.25) is 0 Å². The van der Waals surface area contributed by atoms with Crippen molar-refractivity contribution in [2.75, 3.05) is 5.32 Å². The number of rotatable bonds is 5. The summed E-state index contributed by atoms with van der Waals surface area (Å²) in [5.41, 5.74) is 3.60. The van der Waals surface area contributed by atoms with Crippen molar-refractivity contribution in [2.45, 2.75) is 44.8 Å². The van der Waals surface area contributed by atoms with E-state index < -0.39 is 0 Å². The Morgan fingerprint density at radius 2 is 2.04 bits per heavy atom. The van der Waals surface area contributed by atoms with Crippen LogP contribution in [0.15, 0.2) is 54.6 Å². The number of nitrogens with one attached hydrogen (secondary N) is 1. The predicted octanol–water partition coefficient (Wildman–Crippen LogP) is 5.60. The van der Waals surface area contributed by atoms with Gasteiger partial charge in [-0.1, -0.05) is 31.2 Å². The van der Waals surface area contributed by atoms with E-state index in [0.717, 1.165) is 29.8 Å². The monoisotopic (exact) mass is 364 g/mol. The van der Waals surface area contributed by atoms with Crippen molar-refractivity contribution in [3.63, 3.8) is 0 Å². The number of allylic oxidation sites excluding steroid dienone is 2. The molecule has 0 saturated heterocycles. The molecule has 5 heteroatoms. The molecule has 1 aliphatic carbocycles. The van der Waals surface area contributed by atoms with Gasteiger partial charge in [-0.2, -0.15) is 0 Å². The van der Waals surface area contributed by atoms with Crippen LogP contribution in [0.5, 0.6) is 5.75 Å². The van der Waals surface area contributed by atoms with Gasteiger partial charge in [-0.05, 0) is 55.0 Å². The number of hydrogen-bond acceptors (Lipinski definition) is 4. The highest BCUT2D eigenvalue weighted by Gasteiger charge is 2.38. The number of anilines is 1. The second-order valence-corrected chi connectivity index (χ2v) is 7.41. The Balaban J connectivity index is 1.65. The lowest BCUT2D eigenvalue weighted by molar-refractivity contribution is -0.384. The van der Waals surface area contributed by atoms with Crippen molar-refractivity contribution in [1.82, 2.24) is 0 Å². The van der Waals surface area contributed by atoms with Crippen LogP contribution in [0.4, 0.5) is 11.4 Å². The largest absolute Gasteiger partial charge is 0.491 e. The number of nitrogens with zero attached hydrogens (tertiary/aromatic N) is 1. The van der Waals surface area contributed by atoms with Crippen molar-refractivity contribution >= 4 is 11.4 Å². The van der Waals surface area contributed by atoms with Crippen molar-refractivity contribution in [2.24, 2.45) is 5.92 Å². The molecule has 4 rings (SSSR count). The van der Waals surface area contributed by atoms with E-state index in [4.69, 9.17) is 4.74 Å². The first kappa shape index (κ1) is 17.6. The Labute approximate surface area is 159 Å². The van der Waals surface area contributed by atoms with E-state index >= 15 is 0 Å². The zero-order chi connectivity index (χ0) is 19.0. The molecule has 2 aliphatic rings. The van der Waals surface area contributed by atoms with Gasteiger partial charge in [-0.25, -0.2) is 0 Å². The quantitative estimate of drug-likeness (QED) is 0.426. The highest BCUT2D eigenvalue weighted by atomic mass is 16.6. The average molecular weight is 364 g/mol. The summed E-state index contributed by atoms with van der Waals surface area (Å²) >= 11 is 0. The number of non-ortho nitro benzene ring substituents is 1. The molecule has 0 aromatic heterocycles. The van der Waals surface area contributed by atoms with Crippen molar-refractivity contribution in [3.05, 3.63) is 75.9 Å². The molecular weight excluding hydrogens is 340 g/mol. The first-order chi connectivity index (χ1) is 13.1. The topological polar surface area (TPSA) is 64.4 Å². The van der Waals surface area contributed by atoms with Crippen LogP contribution in [0.2, 0.25) is 0 Å². The molecule has 4 atom stereocenters. The predicted molar refractivity (Wildman–Crippen MR) is 106 cm³/mol. The van der Waals surface area contributed by atoms with Crippen LogP contribution in [-0.2, 0) is 0 Å². The maximum absolute atomic E-state index is 10.9. The Morgan fingerprint density at radius 3 is 2.74 bits per heavy atom. The van der Waals surface area contributed by atoms with Crippen molar-refractivity contribution in [3.8, 4) is 5.75 Å². The van der Waals surface area contributed by atoms with Gasteiger partial charge < -0.3 is 10.1 Å². The fourth-order valence-electron chi connectivity index (χ4n) is 4.09. The minimum absolute atomic E-state index is 0.128. The third-order valence-electron chi connectivity index (χ3n) is 5.71. The second-order valence-electron chi connectivity index (χ2n) is 7.41. The summed E-state index contributed by atoms with van der Waals surface area (Å²) in [5.74, 6) is 1.65. The van der Waals surface area contributed by atoms with Crippen LogP contribution < -0.4 is 10.1 Å². The smallest absolute Gasteiger partial charge is 0.269 e. The van der Waals surface area contributed by atoms with Gasteiger partial charge in [0.25, 0.3) is 5.69 Å². The number of nitro groups is 1. The summed E-state index contributed by atoms with van der Waals surface area (Å²) in [7, 11) is 0.